The van der Waals surface area contributed by atoms with Crippen LogP contribution in [0.3, 0.4) is 0 Å². The number of fused-ring (bicyclic) bond motifs is 3. The lowest BCUT2D eigenvalue weighted by Crippen LogP contribution is -2.14. The predicted molar refractivity (Wildman–Crippen MR) is 80.0 cm³/mol. The van der Waals surface area contributed by atoms with E-state index in [0.717, 1.165) is 11.2 Å². The maximum Gasteiger partial charge on any atom is 0.0164 e. The van der Waals surface area contributed by atoms with Gasteiger partial charge in [-0.25, -0.2) is 0 Å². The van der Waals surface area contributed by atoms with E-state index in [1.807, 2.05) is 27.7 Å². The number of hydrogen-bond donors (Lipinski definition) is 0. The van der Waals surface area contributed by atoms with E-state index < -0.39 is 0 Å². The molecule has 0 bridgehead atoms. The molecule has 0 N–H and O–H groups in total. The molecule has 1 aromatic carbocycles. The van der Waals surface area contributed by atoms with Crippen molar-refractivity contribution in [2.24, 2.45) is 0 Å². The molecule has 1 aliphatic carbocycles. The lowest BCUT2D eigenvalue weighted by molar-refractivity contribution is 0.461. The summed E-state index contributed by atoms with van der Waals surface area (Å²) in [6.45, 7) is 8.00. The highest BCUT2D eigenvalue weighted by molar-refractivity contribution is 8.00. The van der Waals surface area contributed by atoms with Gasteiger partial charge in [-0.15, -0.1) is 11.8 Å². The molecule has 1 heteroatoms. The number of rotatable bonds is 0. The third-order valence-corrected chi connectivity index (χ3v) is 4.79. The summed E-state index contributed by atoms with van der Waals surface area (Å²) in [5, 5.41) is 0.908. The van der Waals surface area contributed by atoms with Crippen LogP contribution in [0.4, 0.5) is 0 Å². The van der Waals surface area contributed by atoms with E-state index >= 15 is 0 Å². The van der Waals surface area contributed by atoms with Crippen LogP contribution in [0.25, 0.3) is 0 Å². The fourth-order valence-electron chi connectivity index (χ4n) is 2.65. The molecule has 96 valence electrons. The lowest BCUT2D eigenvalue weighted by atomic mass is 9.84. The fourth-order valence-corrected chi connectivity index (χ4v) is 4.22. The predicted octanol–water partition coefficient (Wildman–Crippen LogP) is 5.87. The molecule has 2 unspecified atom stereocenters. The van der Waals surface area contributed by atoms with E-state index in [1.54, 1.807) is 10.5 Å². The average molecular weight is 250 g/mol. The molecular weight excluding hydrogens is 224 g/mol. The Morgan fingerprint density at radius 3 is 2.35 bits per heavy atom. The summed E-state index contributed by atoms with van der Waals surface area (Å²) >= 11 is 2.12. The second-order valence-corrected chi connectivity index (χ2v) is 5.37. The van der Waals surface area contributed by atoms with Gasteiger partial charge in [0, 0.05) is 10.1 Å². The Hall–Kier alpha value is -0.430. The summed E-state index contributed by atoms with van der Waals surface area (Å²) in [7, 11) is 0. The standard InChI is InChI=1S/C12H14S.2C2H6/c1-3-7-11-9(5-1)10-6-2-4-8-12(10)13-11;2*1-2/h1,3,5,7,10,12H,2,4,6,8H2;2*1-2H3. The summed E-state index contributed by atoms with van der Waals surface area (Å²) in [6, 6.07) is 8.98. The van der Waals surface area contributed by atoms with Gasteiger partial charge in [0.25, 0.3) is 0 Å². The summed E-state index contributed by atoms with van der Waals surface area (Å²) in [5.41, 5.74) is 1.64. The number of benzene rings is 1. The van der Waals surface area contributed by atoms with Gasteiger partial charge in [-0.3, -0.25) is 0 Å². The van der Waals surface area contributed by atoms with Crippen molar-refractivity contribution in [3.8, 4) is 0 Å². The molecular formula is C16H26S. The quantitative estimate of drug-likeness (QED) is 0.555. The molecule has 3 rings (SSSR count). The van der Waals surface area contributed by atoms with Gasteiger partial charge in [-0.2, -0.15) is 0 Å². The summed E-state index contributed by atoms with van der Waals surface area (Å²) in [4.78, 5) is 1.56. The van der Waals surface area contributed by atoms with E-state index in [4.69, 9.17) is 0 Å². The lowest BCUT2D eigenvalue weighted by Gasteiger charge is -2.24. The van der Waals surface area contributed by atoms with Crippen LogP contribution in [0.1, 0.15) is 64.9 Å². The van der Waals surface area contributed by atoms with Gasteiger partial charge in [0.1, 0.15) is 0 Å². The van der Waals surface area contributed by atoms with Gasteiger partial charge in [0.15, 0.2) is 0 Å². The van der Waals surface area contributed by atoms with Crippen molar-refractivity contribution < 1.29 is 0 Å². The Morgan fingerprint density at radius 2 is 1.59 bits per heavy atom. The third kappa shape index (κ3) is 3.28. The highest BCUT2D eigenvalue weighted by atomic mass is 32.2. The van der Waals surface area contributed by atoms with Gasteiger partial charge < -0.3 is 0 Å². The van der Waals surface area contributed by atoms with E-state index in [-0.39, 0.29) is 0 Å². The monoisotopic (exact) mass is 250 g/mol. The molecule has 1 aliphatic heterocycles. The second kappa shape index (κ2) is 7.81. The van der Waals surface area contributed by atoms with Crippen LogP contribution < -0.4 is 0 Å². The van der Waals surface area contributed by atoms with Crippen molar-refractivity contribution in [3.63, 3.8) is 0 Å². The molecule has 2 atom stereocenters. The fraction of sp³-hybridized carbons (Fsp3) is 0.625. The first-order chi connectivity index (χ1) is 8.45. The van der Waals surface area contributed by atoms with Gasteiger partial charge in [0.2, 0.25) is 0 Å². The molecule has 1 aromatic rings. The van der Waals surface area contributed by atoms with Crippen molar-refractivity contribution >= 4 is 11.8 Å². The second-order valence-electron chi connectivity index (χ2n) is 4.09. The highest BCUT2D eigenvalue weighted by Gasteiger charge is 2.34. The minimum atomic E-state index is 0.884. The number of hydrogen-bond acceptors (Lipinski definition) is 1. The largest absolute Gasteiger partial charge is 0.122 e. The zero-order valence-electron chi connectivity index (χ0n) is 11.7. The summed E-state index contributed by atoms with van der Waals surface area (Å²) < 4.78 is 0. The summed E-state index contributed by atoms with van der Waals surface area (Å²) in [5.74, 6) is 0.884. The topological polar surface area (TPSA) is 0 Å². The van der Waals surface area contributed by atoms with Crippen LogP contribution in [-0.2, 0) is 0 Å². The molecule has 0 saturated heterocycles. The van der Waals surface area contributed by atoms with Crippen LogP contribution in [0.5, 0.6) is 0 Å². The zero-order valence-corrected chi connectivity index (χ0v) is 12.5. The smallest absolute Gasteiger partial charge is 0.0164 e. The molecule has 0 spiro atoms. The van der Waals surface area contributed by atoms with E-state index in [1.165, 1.54) is 25.7 Å². The Balaban J connectivity index is 0.000000330. The highest BCUT2D eigenvalue weighted by Crippen LogP contribution is 2.51. The zero-order chi connectivity index (χ0) is 12.7. The Kier molecular flexibility index (Phi) is 6.72. The molecule has 0 aromatic heterocycles. The molecule has 0 amide bonds. The first kappa shape index (κ1) is 14.6. The minimum absolute atomic E-state index is 0.884. The maximum absolute atomic E-state index is 2.33. The molecule has 1 heterocycles. The molecule has 0 nitrogen and oxygen atoms in total. The van der Waals surface area contributed by atoms with Crippen LogP contribution in [0.2, 0.25) is 0 Å². The maximum atomic E-state index is 2.33. The molecule has 2 aliphatic rings. The van der Waals surface area contributed by atoms with Gasteiger partial charge in [0.05, 0.1) is 0 Å². The van der Waals surface area contributed by atoms with Gasteiger partial charge in [-0.1, -0.05) is 58.7 Å². The van der Waals surface area contributed by atoms with E-state index in [9.17, 15) is 0 Å². The van der Waals surface area contributed by atoms with E-state index in [0.29, 0.717) is 0 Å². The SMILES string of the molecule is CC.CC.c1ccc2c(c1)SC1CCCCC21. The first-order valence-corrected chi connectivity index (χ1v) is 8.09. The molecule has 17 heavy (non-hydrogen) atoms. The Morgan fingerprint density at radius 1 is 0.941 bits per heavy atom. The van der Waals surface area contributed by atoms with Crippen molar-refractivity contribution in [1.29, 1.82) is 0 Å². The first-order valence-electron chi connectivity index (χ1n) is 7.21. The average Bonchev–Trinajstić information content (AvgIpc) is 2.82. The van der Waals surface area contributed by atoms with Gasteiger partial charge in [-0.05, 0) is 30.4 Å². The third-order valence-electron chi connectivity index (χ3n) is 3.30. The van der Waals surface area contributed by atoms with Crippen molar-refractivity contribution in [2.45, 2.75) is 69.4 Å². The Labute approximate surface area is 111 Å². The van der Waals surface area contributed by atoms with Crippen LogP contribution in [0, 0.1) is 0 Å². The molecule has 1 fully saturated rings. The molecule has 1 saturated carbocycles. The van der Waals surface area contributed by atoms with Crippen molar-refractivity contribution in [1.82, 2.24) is 0 Å². The van der Waals surface area contributed by atoms with Crippen LogP contribution >= 0.6 is 11.8 Å². The van der Waals surface area contributed by atoms with Crippen molar-refractivity contribution in [3.05, 3.63) is 29.8 Å². The normalized spacial score (nSPS) is 24.5. The van der Waals surface area contributed by atoms with Crippen molar-refractivity contribution in [2.75, 3.05) is 0 Å². The number of thioether (sulfide) groups is 1. The van der Waals surface area contributed by atoms with E-state index in [2.05, 4.69) is 36.0 Å². The van der Waals surface area contributed by atoms with Crippen LogP contribution in [0.15, 0.2) is 29.2 Å². The summed E-state index contributed by atoms with van der Waals surface area (Å²) in [6.07, 6.45) is 5.75. The Bertz CT molecular complexity index is 319. The molecule has 0 radical (unpaired) electrons. The van der Waals surface area contributed by atoms with Gasteiger partial charge >= 0.3 is 0 Å². The minimum Gasteiger partial charge on any atom is -0.122 e. The van der Waals surface area contributed by atoms with Crippen LogP contribution in [-0.4, -0.2) is 5.25 Å².